The number of aliphatic hydroxyl groups excluding tert-OH is 2. The zero-order valence-corrected chi connectivity index (χ0v) is 18.2. The van der Waals surface area contributed by atoms with Gasteiger partial charge < -0.3 is 29.9 Å². The van der Waals surface area contributed by atoms with Crippen molar-refractivity contribution in [1.82, 2.24) is 0 Å². The molecule has 0 saturated carbocycles. The first-order valence-corrected chi connectivity index (χ1v) is 10.3. The Morgan fingerprint density at radius 3 is 1.67 bits per heavy atom. The molecule has 0 spiro atoms. The first-order chi connectivity index (χ1) is 14.2. The predicted molar refractivity (Wildman–Crippen MR) is 116 cm³/mol. The van der Waals surface area contributed by atoms with E-state index < -0.39 is 12.2 Å². The van der Waals surface area contributed by atoms with Gasteiger partial charge in [0.25, 0.3) is 0 Å². The molecule has 0 amide bonds. The van der Waals surface area contributed by atoms with Gasteiger partial charge in [-0.2, -0.15) is 0 Å². The van der Waals surface area contributed by atoms with Crippen molar-refractivity contribution in [3.8, 4) is 23.0 Å². The maximum Gasteiger partial charge on any atom is 0.160 e. The van der Waals surface area contributed by atoms with E-state index >= 15 is 0 Å². The molecule has 6 heteroatoms. The Bertz CT molecular complexity index is 802. The summed E-state index contributed by atoms with van der Waals surface area (Å²) in [6.07, 6.45) is 1.53. The molecule has 4 N–H and O–H groups in total. The topological polar surface area (TPSA) is 99.4 Å². The third kappa shape index (κ3) is 6.54. The Morgan fingerprint density at radius 2 is 1.27 bits per heavy atom. The molecule has 0 heterocycles. The standard InChI is InChI=1S/C24H34O6/c1-15(25)5-8-19(11-17-6-9-23(29-3)21(27)13-17)20(16(2)26)12-18-7-10-24(30-4)22(28)14-18/h6-7,9-10,13-16,19-20,25-28H,5,8,11-12H2,1-4H3/t15-,16-,19+,20-/m1/s1. The summed E-state index contributed by atoms with van der Waals surface area (Å²) >= 11 is 0. The molecule has 0 unspecified atom stereocenters. The fourth-order valence-electron chi connectivity index (χ4n) is 3.95. The number of methoxy groups -OCH3 is 2. The average molecular weight is 419 g/mol. The van der Waals surface area contributed by atoms with Gasteiger partial charge in [0.05, 0.1) is 26.4 Å². The summed E-state index contributed by atoms with van der Waals surface area (Å²) in [5.41, 5.74) is 1.84. The van der Waals surface area contributed by atoms with Gasteiger partial charge in [0, 0.05) is 0 Å². The first-order valence-electron chi connectivity index (χ1n) is 10.3. The highest BCUT2D eigenvalue weighted by molar-refractivity contribution is 5.42. The van der Waals surface area contributed by atoms with E-state index in [0.29, 0.717) is 30.8 Å². The van der Waals surface area contributed by atoms with Crippen molar-refractivity contribution in [1.29, 1.82) is 0 Å². The van der Waals surface area contributed by atoms with Crippen LogP contribution in [0.15, 0.2) is 36.4 Å². The number of phenolic OH excluding ortho intramolecular Hbond substituents is 2. The predicted octanol–water partition coefficient (Wildman–Crippen LogP) is 3.67. The van der Waals surface area contributed by atoms with Gasteiger partial charge in [0.1, 0.15) is 0 Å². The quantitative estimate of drug-likeness (QED) is 0.444. The van der Waals surface area contributed by atoms with Crippen molar-refractivity contribution in [2.45, 2.75) is 51.7 Å². The Labute approximate surface area is 178 Å². The zero-order valence-electron chi connectivity index (χ0n) is 18.2. The lowest BCUT2D eigenvalue weighted by atomic mass is 9.77. The van der Waals surface area contributed by atoms with Crippen LogP contribution in [0.25, 0.3) is 0 Å². The van der Waals surface area contributed by atoms with Gasteiger partial charge in [-0.05, 0) is 86.8 Å². The Hall–Kier alpha value is -2.44. The summed E-state index contributed by atoms with van der Waals surface area (Å²) in [6, 6.07) is 10.6. The first kappa shape index (κ1) is 23.8. The maximum atomic E-state index is 10.6. The van der Waals surface area contributed by atoms with Crippen LogP contribution in [0.2, 0.25) is 0 Å². The van der Waals surface area contributed by atoms with Crippen LogP contribution < -0.4 is 9.47 Å². The second-order valence-electron chi connectivity index (χ2n) is 8.01. The van der Waals surface area contributed by atoms with E-state index in [1.165, 1.54) is 14.2 Å². The molecule has 0 saturated heterocycles. The molecular formula is C24H34O6. The second-order valence-corrected chi connectivity index (χ2v) is 8.01. The lowest BCUT2D eigenvalue weighted by molar-refractivity contribution is 0.0751. The van der Waals surface area contributed by atoms with Crippen molar-refractivity contribution in [3.63, 3.8) is 0 Å². The largest absolute Gasteiger partial charge is 0.504 e. The minimum atomic E-state index is -0.583. The smallest absolute Gasteiger partial charge is 0.160 e. The summed E-state index contributed by atoms with van der Waals surface area (Å²) in [4.78, 5) is 0. The molecular weight excluding hydrogens is 384 g/mol. The van der Waals surface area contributed by atoms with Crippen molar-refractivity contribution in [3.05, 3.63) is 47.5 Å². The van der Waals surface area contributed by atoms with Crippen LogP contribution in [0.4, 0.5) is 0 Å². The lowest BCUT2D eigenvalue weighted by Crippen LogP contribution is -2.30. The molecule has 2 rings (SSSR count). The molecule has 2 aromatic carbocycles. The van der Waals surface area contributed by atoms with Crippen LogP contribution in [0.5, 0.6) is 23.0 Å². The summed E-state index contributed by atoms with van der Waals surface area (Å²) in [5.74, 6) is 0.946. The van der Waals surface area contributed by atoms with Crippen molar-refractivity contribution < 1.29 is 29.9 Å². The van der Waals surface area contributed by atoms with Crippen LogP contribution in [-0.4, -0.2) is 46.9 Å². The van der Waals surface area contributed by atoms with E-state index in [4.69, 9.17) is 9.47 Å². The van der Waals surface area contributed by atoms with Crippen LogP contribution in [0, 0.1) is 11.8 Å². The Kier molecular flexibility index (Phi) is 8.81. The van der Waals surface area contributed by atoms with E-state index in [2.05, 4.69) is 0 Å². The van der Waals surface area contributed by atoms with Gasteiger partial charge in [-0.1, -0.05) is 12.1 Å². The van der Waals surface area contributed by atoms with Gasteiger partial charge in [0.2, 0.25) is 0 Å². The number of phenols is 2. The number of rotatable bonds is 11. The number of benzene rings is 2. The van der Waals surface area contributed by atoms with E-state index in [-0.39, 0.29) is 23.3 Å². The van der Waals surface area contributed by atoms with Gasteiger partial charge >= 0.3 is 0 Å². The van der Waals surface area contributed by atoms with Crippen molar-refractivity contribution in [2.75, 3.05) is 14.2 Å². The highest BCUT2D eigenvalue weighted by atomic mass is 16.5. The normalized spacial score (nSPS) is 15.3. The third-order valence-electron chi connectivity index (χ3n) is 5.64. The Balaban J connectivity index is 2.27. The van der Waals surface area contributed by atoms with E-state index in [1.54, 1.807) is 38.1 Å². The number of aromatic hydroxyl groups is 2. The molecule has 6 nitrogen and oxygen atoms in total. The summed E-state index contributed by atoms with van der Waals surface area (Å²) in [7, 11) is 3.01. The average Bonchev–Trinajstić information content (AvgIpc) is 2.69. The monoisotopic (exact) mass is 418 g/mol. The van der Waals surface area contributed by atoms with Gasteiger partial charge in [-0.3, -0.25) is 0 Å². The van der Waals surface area contributed by atoms with Gasteiger partial charge in [-0.15, -0.1) is 0 Å². The van der Waals surface area contributed by atoms with Crippen LogP contribution in [-0.2, 0) is 12.8 Å². The van der Waals surface area contributed by atoms with E-state index in [1.807, 2.05) is 12.1 Å². The molecule has 0 fully saturated rings. The summed E-state index contributed by atoms with van der Waals surface area (Å²) in [5, 5.41) is 40.6. The highest BCUT2D eigenvalue weighted by Gasteiger charge is 2.27. The van der Waals surface area contributed by atoms with Crippen LogP contribution in [0.3, 0.4) is 0 Å². The molecule has 166 valence electrons. The molecule has 0 aliphatic carbocycles. The fourth-order valence-corrected chi connectivity index (χ4v) is 3.95. The van der Waals surface area contributed by atoms with E-state index in [9.17, 15) is 20.4 Å². The number of hydrogen-bond donors (Lipinski definition) is 4. The molecule has 0 aromatic heterocycles. The molecule has 0 aliphatic heterocycles. The van der Waals surface area contributed by atoms with Crippen LogP contribution in [0.1, 0.15) is 37.8 Å². The third-order valence-corrected chi connectivity index (χ3v) is 5.64. The Morgan fingerprint density at radius 1 is 0.767 bits per heavy atom. The minimum Gasteiger partial charge on any atom is -0.504 e. The van der Waals surface area contributed by atoms with Gasteiger partial charge in [0.15, 0.2) is 23.0 Å². The molecule has 0 aliphatic rings. The van der Waals surface area contributed by atoms with E-state index in [0.717, 1.165) is 17.5 Å². The summed E-state index contributed by atoms with van der Waals surface area (Å²) < 4.78 is 10.2. The SMILES string of the molecule is COc1ccc(C[C@H](CC[C@@H](C)O)[C@H](Cc2ccc(OC)c(O)c2)[C@@H](C)O)cc1O. The maximum absolute atomic E-state index is 10.6. The zero-order chi connectivity index (χ0) is 22.3. The molecule has 30 heavy (non-hydrogen) atoms. The number of ether oxygens (including phenoxy) is 2. The molecule has 0 radical (unpaired) electrons. The number of aliphatic hydroxyl groups is 2. The molecule has 0 bridgehead atoms. The van der Waals surface area contributed by atoms with Crippen LogP contribution >= 0.6 is 0 Å². The minimum absolute atomic E-state index is 0.0663. The van der Waals surface area contributed by atoms with Crippen molar-refractivity contribution >= 4 is 0 Å². The number of hydrogen-bond acceptors (Lipinski definition) is 6. The highest BCUT2D eigenvalue weighted by Crippen LogP contribution is 2.34. The summed E-state index contributed by atoms with van der Waals surface area (Å²) in [6.45, 7) is 3.53. The lowest BCUT2D eigenvalue weighted by Gasteiger charge is -2.30. The van der Waals surface area contributed by atoms with Crippen molar-refractivity contribution in [2.24, 2.45) is 11.8 Å². The molecule has 2 aromatic rings. The second kappa shape index (κ2) is 11.1. The van der Waals surface area contributed by atoms with Gasteiger partial charge in [-0.25, -0.2) is 0 Å². The molecule has 4 atom stereocenters. The fraction of sp³-hybridized carbons (Fsp3) is 0.500.